The fourth-order valence-electron chi connectivity index (χ4n) is 3.51. The summed E-state index contributed by atoms with van der Waals surface area (Å²) in [7, 11) is 0. The first-order chi connectivity index (χ1) is 13.6. The second kappa shape index (κ2) is 8.24. The molecule has 2 saturated heterocycles. The number of hydrogen-bond acceptors (Lipinski definition) is 7. The van der Waals surface area contributed by atoms with E-state index in [9.17, 15) is 14.4 Å². The summed E-state index contributed by atoms with van der Waals surface area (Å²) in [5, 5.41) is 3.87. The maximum absolute atomic E-state index is 12.0. The number of hydrogen-bond donors (Lipinski definition) is 1. The number of nitrogens with one attached hydrogen (secondary N) is 1. The fraction of sp³-hybridized carbons (Fsp3) is 0.474. The number of para-hydroxylation sites is 1. The second-order valence-electron chi connectivity index (χ2n) is 7.02. The highest BCUT2D eigenvalue weighted by Gasteiger charge is 2.30. The van der Waals surface area contributed by atoms with Gasteiger partial charge in [0.05, 0.1) is 10.2 Å². The smallest absolute Gasteiger partial charge is 0.240 e. The molecule has 2 aliphatic rings. The molecule has 0 spiro atoms. The van der Waals surface area contributed by atoms with E-state index in [4.69, 9.17) is 4.98 Å². The molecule has 0 radical (unpaired) electrons. The van der Waals surface area contributed by atoms with Gasteiger partial charge in [-0.15, -0.1) is 0 Å². The van der Waals surface area contributed by atoms with Gasteiger partial charge in [0.1, 0.15) is 6.54 Å². The molecule has 3 heterocycles. The van der Waals surface area contributed by atoms with Gasteiger partial charge in [-0.05, 0) is 12.1 Å². The lowest BCUT2D eigenvalue weighted by Crippen LogP contribution is -2.49. The number of anilines is 1. The number of carbonyl (C=O) groups is 3. The van der Waals surface area contributed by atoms with E-state index in [0.29, 0.717) is 6.54 Å². The number of carbonyl (C=O) groups excluding carboxylic acids is 3. The van der Waals surface area contributed by atoms with Crippen molar-refractivity contribution in [2.75, 3.05) is 50.7 Å². The van der Waals surface area contributed by atoms with Gasteiger partial charge in [-0.3, -0.25) is 24.2 Å². The first-order valence-corrected chi connectivity index (χ1v) is 10.3. The molecule has 1 aromatic heterocycles. The topological polar surface area (TPSA) is 85.8 Å². The molecule has 0 bridgehead atoms. The number of nitrogens with zero attached hydrogens (tertiary/aromatic N) is 4. The van der Waals surface area contributed by atoms with Crippen LogP contribution in [-0.4, -0.2) is 78.3 Å². The summed E-state index contributed by atoms with van der Waals surface area (Å²) in [5.74, 6) is -0.797. The summed E-state index contributed by atoms with van der Waals surface area (Å²) >= 11 is 1.72. The number of amides is 3. The largest absolute Gasteiger partial charge is 0.353 e. The van der Waals surface area contributed by atoms with Crippen LogP contribution in [0.15, 0.2) is 24.3 Å². The van der Waals surface area contributed by atoms with Crippen LogP contribution in [-0.2, 0) is 14.4 Å². The Kier molecular flexibility index (Phi) is 5.54. The highest BCUT2D eigenvalue weighted by atomic mass is 32.1. The van der Waals surface area contributed by atoms with Gasteiger partial charge in [0.25, 0.3) is 0 Å². The van der Waals surface area contributed by atoms with Crippen molar-refractivity contribution in [1.82, 2.24) is 20.1 Å². The number of aromatic nitrogens is 1. The Labute approximate surface area is 167 Å². The van der Waals surface area contributed by atoms with Crippen LogP contribution in [0, 0.1) is 0 Å². The second-order valence-corrected chi connectivity index (χ2v) is 8.03. The number of imide groups is 1. The first-order valence-electron chi connectivity index (χ1n) is 9.53. The molecule has 3 amide bonds. The molecule has 148 valence electrons. The van der Waals surface area contributed by atoms with Crippen molar-refractivity contribution in [3.8, 4) is 0 Å². The maximum Gasteiger partial charge on any atom is 0.240 e. The van der Waals surface area contributed by atoms with E-state index in [0.717, 1.165) is 48.3 Å². The minimum atomic E-state index is -0.281. The Morgan fingerprint density at radius 1 is 1.07 bits per heavy atom. The average molecular weight is 401 g/mol. The molecule has 2 aromatic rings. The summed E-state index contributed by atoms with van der Waals surface area (Å²) in [5.41, 5.74) is 1.04. The number of rotatable bonds is 6. The van der Waals surface area contributed by atoms with E-state index in [1.54, 1.807) is 11.3 Å². The minimum absolute atomic E-state index is 0.164. The normalized spacial score (nSPS) is 18.3. The first kappa shape index (κ1) is 18.8. The van der Waals surface area contributed by atoms with Crippen molar-refractivity contribution >= 4 is 44.4 Å². The summed E-state index contributed by atoms with van der Waals surface area (Å²) in [6.07, 6.45) is 0.427. The zero-order valence-electron chi connectivity index (χ0n) is 15.6. The van der Waals surface area contributed by atoms with Crippen LogP contribution in [0.1, 0.15) is 12.8 Å². The summed E-state index contributed by atoms with van der Waals surface area (Å²) < 4.78 is 1.21. The molecule has 0 atom stereocenters. The van der Waals surface area contributed by atoms with Gasteiger partial charge in [0.15, 0.2) is 5.13 Å². The summed E-state index contributed by atoms with van der Waals surface area (Å²) in [4.78, 5) is 45.4. The minimum Gasteiger partial charge on any atom is -0.353 e. The number of piperazine rings is 1. The molecule has 0 aliphatic carbocycles. The van der Waals surface area contributed by atoms with E-state index < -0.39 is 0 Å². The number of likely N-dealkylation sites (tertiary alicyclic amines) is 1. The van der Waals surface area contributed by atoms with Crippen LogP contribution >= 0.6 is 11.3 Å². The molecular formula is C19H23N5O3S. The van der Waals surface area contributed by atoms with Crippen molar-refractivity contribution in [1.29, 1.82) is 0 Å². The van der Waals surface area contributed by atoms with Gasteiger partial charge in [-0.25, -0.2) is 4.98 Å². The third-order valence-electron chi connectivity index (χ3n) is 5.13. The third kappa shape index (κ3) is 4.15. The van der Waals surface area contributed by atoms with E-state index in [2.05, 4.69) is 21.2 Å². The monoisotopic (exact) mass is 401 g/mol. The van der Waals surface area contributed by atoms with Crippen LogP contribution in [0.5, 0.6) is 0 Å². The van der Waals surface area contributed by atoms with Gasteiger partial charge in [0, 0.05) is 52.1 Å². The van der Waals surface area contributed by atoms with Crippen molar-refractivity contribution < 1.29 is 14.4 Å². The third-order valence-corrected chi connectivity index (χ3v) is 6.23. The molecule has 4 rings (SSSR count). The molecule has 1 aromatic carbocycles. The maximum atomic E-state index is 12.0. The number of thiazole rings is 1. The van der Waals surface area contributed by atoms with Gasteiger partial charge in [0.2, 0.25) is 17.7 Å². The van der Waals surface area contributed by atoms with Crippen LogP contribution < -0.4 is 10.2 Å². The predicted molar refractivity (Wildman–Crippen MR) is 107 cm³/mol. The van der Waals surface area contributed by atoms with Crippen LogP contribution in [0.25, 0.3) is 10.2 Å². The zero-order valence-corrected chi connectivity index (χ0v) is 16.4. The molecule has 9 heteroatoms. The molecule has 0 unspecified atom stereocenters. The van der Waals surface area contributed by atoms with Gasteiger partial charge in [-0.2, -0.15) is 0 Å². The lowest BCUT2D eigenvalue weighted by Gasteiger charge is -2.34. The van der Waals surface area contributed by atoms with E-state index in [1.165, 1.54) is 4.70 Å². The molecule has 1 N–H and O–H groups in total. The lowest BCUT2D eigenvalue weighted by atomic mass is 10.3. The van der Waals surface area contributed by atoms with Crippen molar-refractivity contribution in [3.63, 3.8) is 0 Å². The highest BCUT2D eigenvalue weighted by Crippen LogP contribution is 2.29. The summed E-state index contributed by atoms with van der Waals surface area (Å²) in [6, 6.07) is 8.18. The Morgan fingerprint density at radius 3 is 2.50 bits per heavy atom. The Hall–Kier alpha value is -2.52. The van der Waals surface area contributed by atoms with E-state index in [-0.39, 0.29) is 37.1 Å². The Balaban J connectivity index is 1.19. The van der Waals surface area contributed by atoms with E-state index in [1.807, 2.05) is 18.2 Å². The SMILES string of the molecule is O=C(CN1C(=O)CCC1=O)NCCN1CCN(c2nc3ccccc3s2)CC1. The van der Waals surface area contributed by atoms with Crippen LogP contribution in [0.3, 0.4) is 0 Å². The zero-order chi connectivity index (χ0) is 19.5. The Bertz CT molecular complexity index is 842. The van der Waals surface area contributed by atoms with Crippen molar-refractivity contribution in [2.45, 2.75) is 12.8 Å². The number of fused-ring (bicyclic) bond motifs is 1. The molecular weight excluding hydrogens is 378 g/mol. The molecule has 0 saturated carbocycles. The molecule has 2 fully saturated rings. The van der Waals surface area contributed by atoms with Gasteiger partial charge < -0.3 is 10.2 Å². The van der Waals surface area contributed by atoms with Crippen molar-refractivity contribution in [3.05, 3.63) is 24.3 Å². The average Bonchev–Trinajstić information content (AvgIpc) is 3.27. The fourth-order valence-corrected chi connectivity index (χ4v) is 4.53. The van der Waals surface area contributed by atoms with Gasteiger partial charge in [-0.1, -0.05) is 23.5 Å². The number of benzene rings is 1. The summed E-state index contributed by atoms with van der Waals surface area (Å²) in [6.45, 7) is 4.74. The lowest BCUT2D eigenvalue weighted by molar-refractivity contribution is -0.142. The van der Waals surface area contributed by atoms with Crippen molar-refractivity contribution in [2.24, 2.45) is 0 Å². The Morgan fingerprint density at radius 2 is 1.79 bits per heavy atom. The molecule has 28 heavy (non-hydrogen) atoms. The quantitative estimate of drug-likeness (QED) is 0.717. The highest BCUT2D eigenvalue weighted by molar-refractivity contribution is 7.22. The standard InChI is InChI=1S/C19H23N5O3S/c25-16(13-24-17(26)5-6-18(24)27)20-7-8-22-9-11-23(12-10-22)19-21-14-3-1-2-4-15(14)28-19/h1-4H,5-13H2,(H,20,25). The van der Waals surface area contributed by atoms with E-state index >= 15 is 0 Å². The molecule has 8 nitrogen and oxygen atoms in total. The molecule has 2 aliphatic heterocycles. The van der Waals surface area contributed by atoms with Crippen LogP contribution in [0.2, 0.25) is 0 Å². The van der Waals surface area contributed by atoms with Gasteiger partial charge >= 0.3 is 0 Å². The predicted octanol–water partition coefficient (Wildman–Crippen LogP) is 0.684. The van der Waals surface area contributed by atoms with Crippen LogP contribution in [0.4, 0.5) is 5.13 Å².